The maximum Gasteiger partial charge on any atom is 0.127 e. The molecule has 3 heteroatoms. The van der Waals surface area contributed by atoms with Crippen LogP contribution >= 0.6 is 0 Å². The number of aryl methyl sites for hydroxylation is 1. The third-order valence-corrected chi connectivity index (χ3v) is 5.56. The molecule has 0 saturated carbocycles. The highest BCUT2D eigenvalue weighted by Crippen LogP contribution is 2.43. The van der Waals surface area contributed by atoms with Gasteiger partial charge in [0.15, 0.2) is 0 Å². The van der Waals surface area contributed by atoms with Crippen LogP contribution in [-0.2, 0) is 16.7 Å². The summed E-state index contributed by atoms with van der Waals surface area (Å²) in [5.74, 6) is -0.138. The lowest BCUT2D eigenvalue weighted by molar-refractivity contribution is -0.0840. The molecule has 0 aromatic heterocycles. The average Bonchev–Trinajstić information content (AvgIpc) is 2.60. The smallest absolute Gasteiger partial charge is 0.127 e. The van der Waals surface area contributed by atoms with Gasteiger partial charge in [-0.15, -0.1) is 0 Å². The van der Waals surface area contributed by atoms with Gasteiger partial charge in [-0.2, -0.15) is 0 Å². The van der Waals surface area contributed by atoms with Crippen LogP contribution in [0.4, 0.5) is 4.39 Å². The number of benzene rings is 2. The van der Waals surface area contributed by atoms with Gasteiger partial charge in [0.1, 0.15) is 5.82 Å². The first-order chi connectivity index (χ1) is 12.4. The van der Waals surface area contributed by atoms with Gasteiger partial charge in [-0.25, -0.2) is 4.39 Å². The van der Waals surface area contributed by atoms with Crippen LogP contribution in [0, 0.1) is 12.7 Å². The standard InChI is InChI=1S/C23H30FNO/c1-18-8-10-20(11-9-18)23(13-15-26-22(2,3)17-23)12-14-25-16-19-6-4-5-7-21(19)24/h4-11,25H,12-17H2,1-3H3. The number of hydrogen-bond acceptors (Lipinski definition) is 2. The van der Waals surface area contributed by atoms with Crippen molar-refractivity contribution in [3.05, 3.63) is 71.0 Å². The van der Waals surface area contributed by atoms with E-state index >= 15 is 0 Å². The topological polar surface area (TPSA) is 21.3 Å². The van der Waals surface area contributed by atoms with Gasteiger partial charge in [0, 0.05) is 24.1 Å². The van der Waals surface area contributed by atoms with Gasteiger partial charge in [0.05, 0.1) is 5.60 Å². The SMILES string of the molecule is Cc1ccc(C2(CCNCc3ccccc3F)CCOC(C)(C)C2)cc1. The van der Waals surface area contributed by atoms with Gasteiger partial charge < -0.3 is 10.1 Å². The lowest BCUT2D eigenvalue weighted by Gasteiger charge is -2.45. The number of hydrogen-bond donors (Lipinski definition) is 1. The van der Waals surface area contributed by atoms with E-state index < -0.39 is 0 Å². The van der Waals surface area contributed by atoms with Crippen molar-refractivity contribution in [2.24, 2.45) is 0 Å². The zero-order valence-corrected chi connectivity index (χ0v) is 16.1. The highest BCUT2D eigenvalue weighted by molar-refractivity contribution is 5.30. The summed E-state index contributed by atoms with van der Waals surface area (Å²) in [6.45, 7) is 8.70. The maximum absolute atomic E-state index is 13.8. The summed E-state index contributed by atoms with van der Waals surface area (Å²) >= 11 is 0. The Balaban J connectivity index is 1.70. The van der Waals surface area contributed by atoms with E-state index in [1.807, 2.05) is 12.1 Å². The summed E-state index contributed by atoms with van der Waals surface area (Å²) in [5.41, 5.74) is 3.40. The van der Waals surface area contributed by atoms with Gasteiger partial charge in [-0.05, 0) is 58.2 Å². The molecule has 3 rings (SSSR count). The Morgan fingerprint density at radius 1 is 1.08 bits per heavy atom. The van der Waals surface area contributed by atoms with Crippen molar-refractivity contribution in [1.82, 2.24) is 5.32 Å². The minimum Gasteiger partial charge on any atom is -0.376 e. The molecule has 1 unspecified atom stereocenters. The van der Waals surface area contributed by atoms with Crippen molar-refractivity contribution in [1.29, 1.82) is 0 Å². The summed E-state index contributed by atoms with van der Waals surface area (Å²) in [7, 11) is 0. The van der Waals surface area contributed by atoms with E-state index in [-0.39, 0.29) is 16.8 Å². The van der Waals surface area contributed by atoms with Gasteiger partial charge in [-0.3, -0.25) is 0 Å². The molecule has 140 valence electrons. The summed E-state index contributed by atoms with van der Waals surface area (Å²) in [4.78, 5) is 0. The molecule has 1 atom stereocenters. The first kappa shape index (κ1) is 19.1. The molecule has 1 heterocycles. The molecule has 2 nitrogen and oxygen atoms in total. The van der Waals surface area contributed by atoms with Crippen LogP contribution in [0.5, 0.6) is 0 Å². The Labute approximate surface area is 156 Å². The van der Waals surface area contributed by atoms with Crippen LogP contribution in [0.3, 0.4) is 0 Å². The molecule has 26 heavy (non-hydrogen) atoms. The zero-order valence-electron chi connectivity index (χ0n) is 16.1. The number of halogens is 1. The van der Waals surface area contributed by atoms with Crippen LogP contribution in [0.2, 0.25) is 0 Å². The van der Waals surface area contributed by atoms with Gasteiger partial charge >= 0.3 is 0 Å². The van der Waals surface area contributed by atoms with E-state index in [2.05, 4.69) is 50.4 Å². The molecule has 0 spiro atoms. The Morgan fingerprint density at radius 3 is 2.50 bits per heavy atom. The fourth-order valence-electron chi connectivity index (χ4n) is 4.18. The van der Waals surface area contributed by atoms with Crippen molar-refractivity contribution >= 4 is 0 Å². The van der Waals surface area contributed by atoms with Crippen LogP contribution in [0.15, 0.2) is 48.5 Å². The Kier molecular flexibility index (Phi) is 5.79. The average molecular weight is 355 g/mol. The summed E-state index contributed by atoms with van der Waals surface area (Å²) in [6, 6.07) is 15.9. The van der Waals surface area contributed by atoms with Crippen molar-refractivity contribution in [3.8, 4) is 0 Å². The van der Waals surface area contributed by atoms with Crippen LogP contribution < -0.4 is 5.32 Å². The quantitative estimate of drug-likeness (QED) is 0.724. The summed E-state index contributed by atoms with van der Waals surface area (Å²) < 4.78 is 19.8. The van der Waals surface area contributed by atoms with Crippen molar-refractivity contribution in [2.45, 2.75) is 57.6 Å². The van der Waals surface area contributed by atoms with E-state index in [0.717, 1.165) is 38.0 Å². The van der Waals surface area contributed by atoms with Crippen LogP contribution in [-0.4, -0.2) is 18.8 Å². The third kappa shape index (κ3) is 4.52. The second-order valence-corrected chi connectivity index (χ2v) is 8.20. The van der Waals surface area contributed by atoms with Crippen molar-refractivity contribution < 1.29 is 9.13 Å². The predicted octanol–water partition coefficient (Wildman–Crippen LogP) is 5.14. The van der Waals surface area contributed by atoms with E-state index in [1.54, 1.807) is 6.07 Å². The fourth-order valence-corrected chi connectivity index (χ4v) is 4.18. The maximum atomic E-state index is 13.8. The number of rotatable bonds is 6. The molecule has 0 radical (unpaired) electrons. The zero-order chi connectivity index (χ0) is 18.6. The van der Waals surface area contributed by atoms with Crippen molar-refractivity contribution in [3.63, 3.8) is 0 Å². The van der Waals surface area contributed by atoms with E-state index in [1.165, 1.54) is 17.2 Å². The lowest BCUT2D eigenvalue weighted by atomic mass is 9.67. The molecule has 1 fully saturated rings. The highest BCUT2D eigenvalue weighted by atomic mass is 19.1. The minimum atomic E-state index is -0.138. The fraction of sp³-hybridized carbons (Fsp3) is 0.478. The lowest BCUT2D eigenvalue weighted by Crippen LogP contribution is -2.45. The number of ether oxygens (including phenoxy) is 1. The molecular weight excluding hydrogens is 325 g/mol. The molecule has 1 aliphatic rings. The molecule has 0 bridgehead atoms. The second-order valence-electron chi connectivity index (χ2n) is 8.20. The molecule has 0 aliphatic carbocycles. The third-order valence-electron chi connectivity index (χ3n) is 5.56. The van der Waals surface area contributed by atoms with Crippen LogP contribution in [0.25, 0.3) is 0 Å². The molecule has 1 N–H and O–H groups in total. The van der Waals surface area contributed by atoms with E-state index in [9.17, 15) is 4.39 Å². The minimum absolute atomic E-state index is 0.109. The molecule has 2 aromatic rings. The van der Waals surface area contributed by atoms with Crippen molar-refractivity contribution in [2.75, 3.05) is 13.2 Å². The molecular formula is C23H30FNO. The monoisotopic (exact) mass is 355 g/mol. The Bertz CT molecular complexity index is 725. The van der Waals surface area contributed by atoms with E-state index in [0.29, 0.717) is 6.54 Å². The van der Waals surface area contributed by atoms with Gasteiger partial charge in [-0.1, -0.05) is 48.0 Å². The number of nitrogens with one attached hydrogen (secondary N) is 1. The van der Waals surface area contributed by atoms with Gasteiger partial charge in [0.25, 0.3) is 0 Å². The van der Waals surface area contributed by atoms with E-state index in [4.69, 9.17) is 4.74 Å². The second kappa shape index (κ2) is 7.89. The largest absolute Gasteiger partial charge is 0.376 e. The normalized spacial score (nSPS) is 22.3. The summed E-state index contributed by atoms with van der Waals surface area (Å²) in [5, 5.41) is 3.44. The Morgan fingerprint density at radius 2 is 1.81 bits per heavy atom. The summed E-state index contributed by atoms with van der Waals surface area (Å²) in [6.07, 6.45) is 3.06. The van der Waals surface area contributed by atoms with Gasteiger partial charge in [0.2, 0.25) is 0 Å². The molecule has 1 aliphatic heterocycles. The first-order valence-electron chi connectivity index (χ1n) is 9.56. The highest BCUT2D eigenvalue weighted by Gasteiger charge is 2.41. The first-order valence-corrected chi connectivity index (χ1v) is 9.56. The molecule has 2 aromatic carbocycles. The Hall–Kier alpha value is -1.71. The molecule has 1 saturated heterocycles. The molecule has 0 amide bonds. The van der Waals surface area contributed by atoms with Crippen LogP contribution in [0.1, 0.15) is 49.8 Å². The predicted molar refractivity (Wildman–Crippen MR) is 105 cm³/mol.